The van der Waals surface area contributed by atoms with E-state index in [4.69, 9.17) is 0 Å². The Bertz CT molecular complexity index is 647. The minimum atomic E-state index is 0.144. The Morgan fingerprint density at radius 3 is 2.50 bits per heavy atom. The van der Waals surface area contributed by atoms with Gasteiger partial charge in [-0.2, -0.15) is 0 Å². The van der Waals surface area contributed by atoms with Crippen LogP contribution in [0, 0.1) is 0 Å². The predicted octanol–water partition coefficient (Wildman–Crippen LogP) is 3.56. The van der Waals surface area contributed by atoms with E-state index in [1.807, 2.05) is 24.3 Å². The van der Waals surface area contributed by atoms with Crippen LogP contribution in [0.1, 0.15) is 49.3 Å². The molecule has 1 saturated carbocycles. The Labute approximate surface area is 142 Å². The summed E-state index contributed by atoms with van der Waals surface area (Å²) in [4.78, 5) is 16.4. The molecule has 4 nitrogen and oxygen atoms in total. The van der Waals surface area contributed by atoms with Crippen LogP contribution in [0.15, 0.2) is 48.7 Å². The van der Waals surface area contributed by atoms with Crippen LogP contribution in [0.5, 0.6) is 5.75 Å². The molecule has 2 aromatic rings. The van der Waals surface area contributed by atoms with Crippen LogP contribution in [-0.4, -0.2) is 22.0 Å². The van der Waals surface area contributed by atoms with Crippen molar-refractivity contribution in [1.82, 2.24) is 10.3 Å². The first kappa shape index (κ1) is 16.5. The number of hydrogen-bond acceptors (Lipinski definition) is 3. The van der Waals surface area contributed by atoms with Crippen LogP contribution >= 0.6 is 0 Å². The number of hydrogen-bond donors (Lipinski definition) is 2. The zero-order valence-electron chi connectivity index (χ0n) is 13.8. The summed E-state index contributed by atoms with van der Waals surface area (Å²) in [6.45, 7) is 0. The molecule has 1 aliphatic carbocycles. The van der Waals surface area contributed by atoms with E-state index in [2.05, 4.69) is 22.4 Å². The molecule has 0 radical (unpaired) electrons. The van der Waals surface area contributed by atoms with Crippen LogP contribution in [0.4, 0.5) is 0 Å². The first-order valence-corrected chi connectivity index (χ1v) is 8.69. The van der Waals surface area contributed by atoms with Gasteiger partial charge in [0.15, 0.2) is 0 Å². The van der Waals surface area contributed by atoms with Crippen molar-refractivity contribution in [1.29, 1.82) is 0 Å². The SMILES string of the molecule is O=C(CCc1ccccc1)N[C@H]1CC[C@H](c2ccc(O)cn2)CC1. The molecule has 24 heavy (non-hydrogen) atoms. The summed E-state index contributed by atoms with van der Waals surface area (Å²) >= 11 is 0. The van der Waals surface area contributed by atoms with Gasteiger partial charge in [-0.15, -0.1) is 0 Å². The summed E-state index contributed by atoms with van der Waals surface area (Å²) in [6, 6.07) is 14.0. The number of aromatic nitrogens is 1. The number of carbonyl (C=O) groups excluding carboxylic acids is 1. The van der Waals surface area contributed by atoms with Gasteiger partial charge in [-0.1, -0.05) is 30.3 Å². The highest BCUT2D eigenvalue weighted by Crippen LogP contribution is 2.32. The lowest BCUT2D eigenvalue weighted by atomic mass is 9.84. The fourth-order valence-corrected chi connectivity index (χ4v) is 3.37. The van der Waals surface area contributed by atoms with Gasteiger partial charge < -0.3 is 10.4 Å². The topological polar surface area (TPSA) is 62.2 Å². The fourth-order valence-electron chi connectivity index (χ4n) is 3.37. The maximum atomic E-state index is 12.1. The zero-order valence-corrected chi connectivity index (χ0v) is 13.8. The molecule has 1 aliphatic rings. The number of benzene rings is 1. The lowest BCUT2D eigenvalue weighted by molar-refractivity contribution is -0.122. The number of nitrogens with zero attached hydrogens (tertiary/aromatic N) is 1. The average Bonchev–Trinajstić information content (AvgIpc) is 2.62. The van der Waals surface area contributed by atoms with Crippen molar-refractivity contribution in [2.45, 2.75) is 50.5 Å². The van der Waals surface area contributed by atoms with Gasteiger partial charge in [-0.3, -0.25) is 9.78 Å². The molecular formula is C20H24N2O2. The average molecular weight is 324 g/mol. The van der Waals surface area contributed by atoms with E-state index in [1.165, 1.54) is 11.8 Å². The molecule has 0 unspecified atom stereocenters. The number of rotatable bonds is 5. The van der Waals surface area contributed by atoms with E-state index in [9.17, 15) is 9.90 Å². The molecule has 2 N–H and O–H groups in total. The highest BCUT2D eigenvalue weighted by molar-refractivity contribution is 5.76. The van der Waals surface area contributed by atoms with E-state index in [-0.39, 0.29) is 17.7 Å². The Hall–Kier alpha value is -2.36. The summed E-state index contributed by atoms with van der Waals surface area (Å²) in [6.07, 6.45) is 6.88. The van der Waals surface area contributed by atoms with Gasteiger partial charge in [-0.25, -0.2) is 0 Å². The van der Waals surface area contributed by atoms with E-state index in [1.54, 1.807) is 6.07 Å². The number of aryl methyl sites for hydroxylation is 1. The molecule has 0 aliphatic heterocycles. The van der Waals surface area contributed by atoms with Gasteiger partial charge in [0, 0.05) is 24.1 Å². The summed E-state index contributed by atoms with van der Waals surface area (Å²) in [7, 11) is 0. The molecule has 1 aromatic heterocycles. The lowest BCUT2D eigenvalue weighted by Gasteiger charge is -2.28. The summed E-state index contributed by atoms with van der Waals surface area (Å²) in [5.74, 6) is 0.784. The predicted molar refractivity (Wildman–Crippen MR) is 93.8 cm³/mol. The smallest absolute Gasteiger partial charge is 0.220 e. The Morgan fingerprint density at radius 1 is 1.08 bits per heavy atom. The monoisotopic (exact) mass is 324 g/mol. The van der Waals surface area contributed by atoms with E-state index in [0.717, 1.165) is 37.8 Å². The number of pyridine rings is 1. The number of amides is 1. The summed E-state index contributed by atoms with van der Waals surface area (Å²) in [5, 5.41) is 12.5. The molecule has 126 valence electrons. The van der Waals surface area contributed by atoms with Crippen LogP contribution in [0.2, 0.25) is 0 Å². The fraction of sp³-hybridized carbons (Fsp3) is 0.400. The van der Waals surface area contributed by atoms with E-state index < -0.39 is 0 Å². The lowest BCUT2D eigenvalue weighted by Crippen LogP contribution is -2.37. The van der Waals surface area contributed by atoms with Crippen molar-refractivity contribution in [3.63, 3.8) is 0 Å². The van der Waals surface area contributed by atoms with Crippen LogP contribution < -0.4 is 5.32 Å². The summed E-state index contributed by atoms with van der Waals surface area (Å²) < 4.78 is 0. The third-order valence-corrected chi connectivity index (χ3v) is 4.76. The van der Waals surface area contributed by atoms with Gasteiger partial charge in [-0.05, 0) is 49.8 Å². The van der Waals surface area contributed by atoms with E-state index in [0.29, 0.717) is 12.3 Å². The van der Waals surface area contributed by atoms with Gasteiger partial charge in [0.2, 0.25) is 5.91 Å². The molecule has 4 heteroatoms. The third-order valence-electron chi connectivity index (χ3n) is 4.76. The molecule has 1 aromatic carbocycles. The standard InChI is InChI=1S/C20H24N2O2/c23-18-11-12-19(21-14-18)16-7-9-17(10-8-16)22-20(24)13-6-15-4-2-1-3-5-15/h1-5,11-12,14,16-17,23H,6-10,13H2,(H,22,24)/t16-,17-. The van der Waals surface area contributed by atoms with Crippen LogP contribution in [0.3, 0.4) is 0 Å². The van der Waals surface area contributed by atoms with Gasteiger partial charge in [0.25, 0.3) is 0 Å². The molecule has 0 spiro atoms. The molecule has 1 fully saturated rings. The minimum Gasteiger partial charge on any atom is -0.506 e. The van der Waals surface area contributed by atoms with E-state index >= 15 is 0 Å². The van der Waals surface area contributed by atoms with Crippen LogP contribution in [-0.2, 0) is 11.2 Å². The second-order valence-corrected chi connectivity index (χ2v) is 6.54. The molecule has 3 rings (SSSR count). The maximum absolute atomic E-state index is 12.1. The van der Waals surface area contributed by atoms with Crippen molar-refractivity contribution in [2.24, 2.45) is 0 Å². The number of carbonyl (C=O) groups is 1. The van der Waals surface area contributed by atoms with Gasteiger partial charge in [0.1, 0.15) is 5.75 Å². The molecular weight excluding hydrogens is 300 g/mol. The first-order chi connectivity index (χ1) is 11.7. The second-order valence-electron chi connectivity index (χ2n) is 6.54. The second kappa shape index (κ2) is 7.95. The quantitative estimate of drug-likeness (QED) is 0.884. The highest BCUT2D eigenvalue weighted by atomic mass is 16.3. The van der Waals surface area contributed by atoms with Gasteiger partial charge >= 0.3 is 0 Å². The largest absolute Gasteiger partial charge is 0.506 e. The third kappa shape index (κ3) is 4.57. The molecule has 0 atom stereocenters. The normalized spacial score (nSPS) is 20.5. The molecule has 1 amide bonds. The van der Waals surface area contributed by atoms with Crippen molar-refractivity contribution >= 4 is 5.91 Å². The Morgan fingerprint density at radius 2 is 1.83 bits per heavy atom. The molecule has 0 bridgehead atoms. The summed E-state index contributed by atoms with van der Waals surface area (Å²) in [5.41, 5.74) is 2.25. The maximum Gasteiger partial charge on any atom is 0.220 e. The molecule has 0 saturated heterocycles. The van der Waals surface area contributed by atoms with Crippen LogP contribution in [0.25, 0.3) is 0 Å². The Balaban J connectivity index is 1.41. The molecule has 1 heterocycles. The Kier molecular flexibility index (Phi) is 5.47. The zero-order chi connectivity index (χ0) is 16.8. The first-order valence-electron chi connectivity index (χ1n) is 8.69. The number of aromatic hydroxyl groups is 1. The van der Waals surface area contributed by atoms with Crippen molar-refractivity contribution in [3.8, 4) is 5.75 Å². The van der Waals surface area contributed by atoms with Crippen molar-refractivity contribution in [3.05, 3.63) is 59.9 Å². The van der Waals surface area contributed by atoms with Crippen molar-refractivity contribution in [2.75, 3.05) is 0 Å². The number of nitrogens with one attached hydrogen (secondary N) is 1. The van der Waals surface area contributed by atoms with Gasteiger partial charge in [0.05, 0.1) is 6.20 Å². The van der Waals surface area contributed by atoms with Crippen molar-refractivity contribution < 1.29 is 9.90 Å². The highest BCUT2D eigenvalue weighted by Gasteiger charge is 2.24. The minimum absolute atomic E-state index is 0.144.